The number of hydrogen-bond acceptors (Lipinski definition) is 4. The lowest BCUT2D eigenvalue weighted by Crippen LogP contribution is -2.50. The maximum Gasteiger partial charge on any atom is 0.308 e. The third kappa shape index (κ3) is 4.28. The molecule has 1 fully saturated rings. The summed E-state index contributed by atoms with van der Waals surface area (Å²) in [6.45, 7) is 8.73. The molecule has 1 aliphatic heterocycles. The molecule has 0 bridgehead atoms. The summed E-state index contributed by atoms with van der Waals surface area (Å²) in [4.78, 5) is 25.4. The third-order valence-electron chi connectivity index (χ3n) is 3.91. The number of carbonyl (C=O) groups is 1. The highest BCUT2D eigenvalue weighted by Gasteiger charge is 2.32. The molecule has 2 rings (SSSR count). The van der Waals surface area contributed by atoms with Gasteiger partial charge in [0.15, 0.2) is 5.82 Å². The van der Waals surface area contributed by atoms with E-state index in [1.165, 1.54) is 4.90 Å². The molecule has 138 valence electrons. The molecule has 0 aliphatic carbocycles. The van der Waals surface area contributed by atoms with E-state index in [0.29, 0.717) is 19.2 Å². The number of nitrogens with zero attached hydrogens (tertiary/aromatic N) is 3. The number of hydrogen-bond donors (Lipinski definition) is 0. The van der Waals surface area contributed by atoms with Crippen molar-refractivity contribution in [3.05, 3.63) is 39.2 Å². The highest BCUT2D eigenvalue weighted by atomic mass is 19.2. The quantitative estimate of drug-likeness (QED) is 0.473. The molecule has 0 spiro atoms. The van der Waals surface area contributed by atoms with Crippen LogP contribution in [0.15, 0.2) is 6.07 Å². The lowest BCUT2D eigenvalue weighted by Gasteiger charge is -2.37. The van der Waals surface area contributed by atoms with Crippen molar-refractivity contribution in [2.45, 2.75) is 20.8 Å². The molecule has 6 nitrogen and oxygen atoms in total. The van der Waals surface area contributed by atoms with E-state index in [1.807, 2.05) is 0 Å². The number of piperazine rings is 1. The largest absolute Gasteiger partial charge is 0.336 e. The molecular formula is C16H20F3N3O3. The normalized spacial score (nSPS) is 16.2. The Bertz CT molecular complexity index is 696. The Balaban J connectivity index is 2.18. The van der Waals surface area contributed by atoms with Crippen LogP contribution in [-0.4, -0.2) is 53.4 Å². The van der Waals surface area contributed by atoms with Crippen molar-refractivity contribution >= 4 is 11.6 Å². The zero-order chi connectivity index (χ0) is 18.9. The van der Waals surface area contributed by atoms with Crippen LogP contribution in [0.25, 0.3) is 0 Å². The number of nitro groups is 1. The Morgan fingerprint density at radius 1 is 1.12 bits per heavy atom. The van der Waals surface area contributed by atoms with Gasteiger partial charge in [-0.2, -0.15) is 4.39 Å². The van der Waals surface area contributed by atoms with Crippen LogP contribution in [-0.2, 0) is 0 Å². The molecule has 1 heterocycles. The highest BCUT2D eigenvalue weighted by Crippen LogP contribution is 2.26. The Morgan fingerprint density at radius 2 is 1.68 bits per heavy atom. The van der Waals surface area contributed by atoms with Gasteiger partial charge in [0.2, 0.25) is 11.6 Å². The van der Waals surface area contributed by atoms with Gasteiger partial charge in [0.25, 0.3) is 5.91 Å². The summed E-state index contributed by atoms with van der Waals surface area (Å²) in [6.07, 6.45) is 0. The first-order chi connectivity index (χ1) is 11.5. The van der Waals surface area contributed by atoms with Crippen molar-refractivity contribution in [3.8, 4) is 0 Å². The van der Waals surface area contributed by atoms with Gasteiger partial charge < -0.3 is 4.90 Å². The fourth-order valence-corrected chi connectivity index (χ4v) is 2.83. The molecule has 0 saturated carbocycles. The van der Waals surface area contributed by atoms with E-state index in [1.54, 1.807) is 0 Å². The smallest absolute Gasteiger partial charge is 0.308 e. The van der Waals surface area contributed by atoms with Gasteiger partial charge in [0, 0.05) is 38.8 Å². The van der Waals surface area contributed by atoms with E-state index in [2.05, 4.69) is 25.7 Å². The number of nitro benzene ring substituents is 1. The van der Waals surface area contributed by atoms with E-state index >= 15 is 0 Å². The molecule has 1 aromatic rings. The molecule has 0 atom stereocenters. The Labute approximate surface area is 143 Å². The van der Waals surface area contributed by atoms with Gasteiger partial charge in [-0.3, -0.25) is 19.8 Å². The maximum atomic E-state index is 13.9. The fourth-order valence-electron chi connectivity index (χ4n) is 2.83. The average Bonchev–Trinajstić information content (AvgIpc) is 2.51. The third-order valence-corrected chi connectivity index (χ3v) is 3.91. The molecule has 25 heavy (non-hydrogen) atoms. The van der Waals surface area contributed by atoms with Crippen LogP contribution in [0.3, 0.4) is 0 Å². The Hall–Kier alpha value is -2.16. The second-order valence-electron chi connectivity index (χ2n) is 7.27. The van der Waals surface area contributed by atoms with Crippen LogP contribution in [0.4, 0.5) is 18.9 Å². The average molecular weight is 359 g/mol. The van der Waals surface area contributed by atoms with Gasteiger partial charge in [0.05, 0.1) is 10.5 Å². The van der Waals surface area contributed by atoms with E-state index in [0.717, 1.165) is 6.54 Å². The highest BCUT2D eigenvalue weighted by molar-refractivity contribution is 5.95. The first kappa shape index (κ1) is 19.2. The predicted molar refractivity (Wildman–Crippen MR) is 84.8 cm³/mol. The molecule has 9 heteroatoms. The van der Waals surface area contributed by atoms with Crippen LogP contribution in [0.2, 0.25) is 0 Å². The molecule has 0 unspecified atom stereocenters. The number of rotatable bonds is 3. The van der Waals surface area contributed by atoms with Crippen molar-refractivity contribution in [2.24, 2.45) is 5.41 Å². The van der Waals surface area contributed by atoms with Crippen LogP contribution < -0.4 is 0 Å². The van der Waals surface area contributed by atoms with Crippen molar-refractivity contribution in [1.29, 1.82) is 0 Å². The molecule has 1 amide bonds. The van der Waals surface area contributed by atoms with Crippen LogP contribution in [0.5, 0.6) is 0 Å². The minimum atomic E-state index is -2.01. The molecule has 0 N–H and O–H groups in total. The first-order valence-electron chi connectivity index (χ1n) is 7.85. The zero-order valence-electron chi connectivity index (χ0n) is 14.3. The Kier molecular flexibility index (Phi) is 5.36. The first-order valence-corrected chi connectivity index (χ1v) is 7.85. The molecule has 0 radical (unpaired) electrons. The van der Waals surface area contributed by atoms with Gasteiger partial charge in [-0.05, 0) is 5.41 Å². The van der Waals surface area contributed by atoms with Crippen molar-refractivity contribution in [3.63, 3.8) is 0 Å². The summed E-state index contributed by atoms with van der Waals surface area (Å²) in [7, 11) is 0. The number of halogens is 3. The topological polar surface area (TPSA) is 66.7 Å². The minimum absolute atomic E-state index is 0.0823. The van der Waals surface area contributed by atoms with Gasteiger partial charge in [-0.15, -0.1) is 0 Å². The summed E-state index contributed by atoms with van der Waals surface area (Å²) in [5.74, 6) is -6.50. The van der Waals surface area contributed by atoms with E-state index in [4.69, 9.17) is 0 Å². The van der Waals surface area contributed by atoms with Crippen LogP contribution >= 0.6 is 0 Å². The van der Waals surface area contributed by atoms with Crippen LogP contribution in [0, 0.1) is 33.0 Å². The molecule has 1 aliphatic rings. The lowest BCUT2D eigenvalue weighted by atomic mass is 9.96. The number of benzene rings is 1. The second kappa shape index (κ2) is 6.99. The molecule has 1 saturated heterocycles. The minimum Gasteiger partial charge on any atom is -0.336 e. The SMILES string of the molecule is CC(C)(C)CN1CCN(C(=O)c2cc([N+](=O)[O-])c(F)c(F)c2F)CC1. The van der Waals surface area contributed by atoms with Gasteiger partial charge in [0.1, 0.15) is 0 Å². The zero-order valence-corrected chi connectivity index (χ0v) is 14.3. The monoisotopic (exact) mass is 359 g/mol. The van der Waals surface area contributed by atoms with Gasteiger partial charge >= 0.3 is 5.69 Å². The van der Waals surface area contributed by atoms with Crippen molar-refractivity contribution in [1.82, 2.24) is 9.80 Å². The summed E-state index contributed by atoms with van der Waals surface area (Å²) in [5, 5.41) is 10.8. The molecule has 0 aromatic heterocycles. The van der Waals surface area contributed by atoms with E-state index < -0.39 is 39.5 Å². The summed E-state index contributed by atoms with van der Waals surface area (Å²) in [6, 6.07) is 0.456. The lowest BCUT2D eigenvalue weighted by molar-refractivity contribution is -0.387. The fraction of sp³-hybridized carbons (Fsp3) is 0.562. The maximum absolute atomic E-state index is 13.9. The van der Waals surface area contributed by atoms with Crippen molar-refractivity contribution < 1.29 is 22.9 Å². The number of carbonyl (C=O) groups excluding carboxylic acids is 1. The number of amides is 1. The standard InChI is InChI=1S/C16H20F3N3O3/c1-16(2,3)9-20-4-6-21(7-5-20)15(23)10-8-11(22(24)25)13(18)14(19)12(10)17/h8H,4-7,9H2,1-3H3. The summed E-state index contributed by atoms with van der Waals surface area (Å²) < 4.78 is 40.9. The second-order valence-corrected chi connectivity index (χ2v) is 7.27. The van der Waals surface area contributed by atoms with E-state index in [-0.39, 0.29) is 18.5 Å². The summed E-state index contributed by atoms with van der Waals surface area (Å²) in [5.41, 5.74) is -2.00. The van der Waals surface area contributed by atoms with E-state index in [9.17, 15) is 28.1 Å². The van der Waals surface area contributed by atoms with Gasteiger partial charge in [-0.25, -0.2) is 8.78 Å². The molecule has 1 aromatic carbocycles. The Morgan fingerprint density at radius 3 is 2.16 bits per heavy atom. The van der Waals surface area contributed by atoms with Crippen molar-refractivity contribution in [2.75, 3.05) is 32.7 Å². The summed E-state index contributed by atoms with van der Waals surface area (Å²) >= 11 is 0. The molecular weight excluding hydrogens is 339 g/mol. The van der Waals surface area contributed by atoms with Gasteiger partial charge in [-0.1, -0.05) is 20.8 Å². The van der Waals surface area contributed by atoms with Crippen LogP contribution in [0.1, 0.15) is 31.1 Å². The predicted octanol–water partition coefficient (Wildman–Crippen LogP) is 2.82.